The third-order valence-electron chi connectivity index (χ3n) is 3.33. The van der Waals surface area contributed by atoms with Crippen molar-refractivity contribution in [2.24, 2.45) is 4.40 Å². The van der Waals surface area contributed by atoms with Crippen molar-refractivity contribution >= 4 is 18.3 Å². The minimum Gasteiger partial charge on any atom is -0.346 e. The lowest BCUT2D eigenvalue weighted by Gasteiger charge is -2.33. The number of nitrogens with zero attached hydrogens (tertiary/aromatic N) is 2. The molecule has 2 heterocycles. The van der Waals surface area contributed by atoms with Crippen LogP contribution in [-0.4, -0.2) is 43.6 Å². The van der Waals surface area contributed by atoms with E-state index >= 15 is 0 Å². The summed E-state index contributed by atoms with van der Waals surface area (Å²) >= 11 is 1.36. The van der Waals surface area contributed by atoms with E-state index in [0.29, 0.717) is 6.61 Å². The van der Waals surface area contributed by atoms with E-state index in [0.717, 1.165) is 25.9 Å². The highest BCUT2D eigenvalue weighted by atomic mass is 32.2. The Balaban J connectivity index is 1.98. The number of rotatable bonds is 6. The van der Waals surface area contributed by atoms with Gasteiger partial charge in [0.05, 0.1) is 25.0 Å². The molecule has 5 heteroatoms. The highest BCUT2D eigenvalue weighted by Crippen LogP contribution is 2.28. The summed E-state index contributed by atoms with van der Waals surface area (Å²) < 4.78 is 13.6. The predicted molar refractivity (Wildman–Crippen MR) is 82.1 cm³/mol. The Morgan fingerprint density at radius 1 is 1.58 bits per heavy atom. The predicted octanol–water partition coefficient (Wildman–Crippen LogP) is 2.55. The van der Waals surface area contributed by atoms with Gasteiger partial charge in [-0.1, -0.05) is 31.6 Å². The van der Waals surface area contributed by atoms with Crippen molar-refractivity contribution < 1.29 is 4.74 Å². The number of hydrogen-bond donors (Lipinski definition) is 1. The summed E-state index contributed by atoms with van der Waals surface area (Å²) in [5, 5.41) is 0. The largest absolute Gasteiger partial charge is 0.346 e. The second-order valence-corrected chi connectivity index (χ2v) is 5.59. The van der Waals surface area contributed by atoms with Crippen molar-refractivity contribution in [3.05, 3.63) is 23.8 Å². The fourth-order valence-corrected chi connectivity index (χ4v) is 2.86. The van der Waals surface area contributed by atoms with Crippen LogP contribution in [0.3, 0.4) is 0 Å². The standard InChI is InChI=1S/C14H23N3OS/c1-3-4-5-6-10-18-14(12-15-19-16-14)13-8-7-9-17(2)11-13/h5-6,8,12,16H,3-4,7,9-11H2,1-2H3/b6-5-. The molecule has 4 nitrogen and oxygen atoms in total. The van der Waals surface area contributed by atoms with Gasteiger partial charge in [0.25, 0.3) is 0 Å². The molecular formula is C14H23N3OS. The van der Waals surface area contributed by atoms with Crippen molar-refractivity contribution in [3.8, 4) is 0 Å². The second-order valence-electron chi connectivity index (χ2n) is 4.99. The summed E-state index contributed by atoms with van der Waals surface area (Å²) in [5.41, 5.74) is 0.745. The first kappa shape index (κ1) is 14.8. The molecule has 2 aliphatic heterocycles. The molecule has 0 saturated heterocycles. The number of ether oxygens (including phenoxy) is 1. The molecule has 2 aliphatic rings. The molecule has 1 unspecified atom stereocenters. The first-order chi connectivity index (χ1) is 9.27. The van der Waals surface area contributed by atoms with Crippen LogP contribution in [0.4, 0.5) is 0 Å². The average molecular weight is 281 g/mol. The molecule has 0 aromatic heterocycles. The summed E-state index contributed by atoms with van der Waals surface area (Å²) in [6.07, 6.45) is 11.8. The molecule has 106 valence electrons. The normalized spacial score (nSPS) is 28.2. The zero-order valence-corrected chi connectivity index (χ0v) is 12.6. The summed E-state index contributed by atoms with van der Waals surface area (Å²) in [5.74, 6) is 0. The van der Waals surface area contributed by atoms with Gasteiger partial charge < -0.3 is 9.64 Å². The summed E-state index contributed by atoms with van der Waals surface area (Å²) in [4.78, 5) is 2.31. The Morgan fingerprint density at radius 2 is 2.47 bits per heavy atom. The Morgan fingerprint density at radius 3 is 3.16 bits per heavy atom. The molecule has 0 amide bonds. The van der Waals surface area contributed by atoms with Crippen LogP contribution in [0.1, 0.15) is 26.2 Å². The highest BCUT2D eigenvalue weighted by molar-refractivity contribution is 7.96. The lowest BCUT2D eigenvalue weighted by molar-refractivity contribution is 0.0464. The first-order valence-corrected chi connectivity index (χ1v) is 7.69. The Hall–Kier alpha value is -0.620. The zero-order valence-electron chi connectivity index (χ0n) is 11.8. The van der Waals surface area contributed by atoms with Gasteiger partial charge in [-0.25, -0.2) is 9.12 Å². The Labute approximate surface area is 120 Å². The smallest absolute Gasteiger partial charge is 0.190 e. The van der Waals surface area contributed by atoms with Crippen LogP contribution < -0.4 is 4.72 Å². The van der Waals surface area contributed by atoms with E-state index < -0.39 is 5.72 Å². The number of unbranched alkanes of at least 4 members (excludes halogenated alkanes) is 1. The second kappa shape index (κ2) is 7.24. The molecule has 2 rings (SSSR count). The minimum atomic E-state index is -0.518. The van der Waals surface area contributed by atoms with Crippen molar-refractivity contribution in [1.82, 2.24) is 9.62 Å². The first-order valence-electron chi connectivity index (χ1n) is 6.91. The molecule has 1 atom stereocenters. The molecule has 0 aromatic rings. The maximum atomic E-state index is 6.06. The van der Waals surface area contributed by atoms with Gasteiger partial charge in [-0.2, -0.15) is 0 Å². The lowest BCUT2D eigenvalue weighted by atomic mass is 10.00. The van der Waals surface area contributed by atoms with Gasteiger partial charge >= 0.3 is 0 Å². The molecule has 0 saturated carbocycles. The van der Waals surface area contributed by atoms with E-state index in [2.05, 4.69) is 46.2 Å². The van der Waals surface area contributed by atoms with E-state index in [1.807, 2.05) is 6.21 Å². The fraction of sp³-hybridized carbons (Fsp3) is 0.643. The molecule has 0 fully saturated rings. The van der Waals surface area contributed by atoms with Gasteiger partial charge in [0, 0.05) is 13.1 Å². The van der Waals surface area contributed by atoms with Gasteiger partial charge in [-0.15, -0.1) is 0 Å². The third-order valence-corrected chi connectivity index (χ3v) is 3.94. The molecule has 0 spiro atoms. The van der Waals surface area contributed by atoms with Crippen LogP contribution >= 0.6 is 12.1 Å². The van der Waals surface area contributed by atoms with E-state index in [-0.39, 0.29) is 0 Å². The van der Waals surface area contributed by atoms with E-state index in [9.17, 15) is 0 Å². The van der Waals surface area contributed by atoms with Gasteiger partial charge in [-0.05, 0) is 25.5 Å². The van der Waals surface area contributed by atoms with Crippen LogP contribution in [0.2, 0.25) is 0 Å². The molecular weight excluding hydrogens is 258 g/mol. The zero-order chi connectivity index (χ0) is 13.6. The number of hydrogen-bond acceptors (Lipinski definition) is 5. The van der Waals surface area contributed by atoms with Crippen LogP contribution in [0.25, 0.3) is 0 Å². The van der Waals surface area contributed by atoms with Gasteiger partial charge in [0.2, 0.25) is 0 Å². The molecule has 0 aromatic carbocycles. The van der Waals surface area contributed by atoms with E-state index in [1.54, 1.807) is 0 Å². The summed E-state index contributed by atoms with van der Waals surface area (Å²) in [6.45, 7) is 4.83. The summed E-state index contributed by atoms with van der Waals surface area (Å²) in [6, 6.07) is 0. The molecule has 0 bridgehead atoms. The minimum absolute atomic E-state index is 0.518. The average Bonchev–Trinajstić information content (AvgIpc) is 2.89. The Kier molecular flexibility index (Phi) is 5.63. The van der Waals surface area contributed by atoms with E-state index in [4.69, 9.17) is 4.74 Å². The summed E-state index contributed by atoms with van der Waals surface area (Å²) in [7, 11) is 2.14. The van der Waals surface area contributed by atoms with Crippen molar-refractivity contribution in [1.29, 1.82) is 0 Å². The number of allylic oxidation sites excluding steroid dienone is 1. The van der Waals surface area contributed by atoms with Gasteiger partial charge in [0.1, 0.15) is 0 Å². The fourth-order valence-electron chi connectivity index (χ4n) is 2.22. The Bertz CT molecular complexity index is 381. The SMILES string of the molecule is CCC/C=C\COC1(C2=CCCN(C)C2)C=NSN1. The van der Waals surface area contributed by atoms with Crippen LogP contribution in [0.5, 0.6) is 0 Å². The lowest BCUT2D eigenvalue weighted by Crippen LogP contribution is -2.49. The van der Waals surface area contributed by atoms with Gasteiger partial charge in [-0.3, -0.25) is 0 Å². The monoisotopic (exact) mass is 281 g/mol. The number of likely N-dealkylation sites (N-methyl/N-ethyl adjacent to an activating group) is 1. The maximum Gasteiger partial charge on any atom is 0.190 e. The van der Waals surface area contributed by atoms with Crippen LogP contribution in [0.15, 0.2) is 28.2 Å². The number of nitrogens with one attached hydrogen (secondary N) is 1. The molecule has 0 aliphatic carbocycles. The van der Waals surface area contributed by atoms with E-state index in [1.165, 1.54) is 24.1 Å². The maximum absolute atomic E-state index is 6.06. The molecule has 1 N–H and O–H groups in total. The molecule has 19 heavy (non-hydrogen) atoms. The molecule has 0 radical (unpaired) electrons. The van der Waals surface area contributed by atoms with Gasteiger partial charge in [0.15, 0.2) is 5.72 Å². The van der Waals surface area contributed by atoms with Crippen LogP contribution in [0, 0.1) is 0 Å². The highest BCUT2D eigenvalue weighted by Gasteiger charge is 2.37. The third kappa shape index (κ3) is 3.92. The van der Waals surface area contributed by atoms with Crippen molar-refractivity contribution in [3.63, 3.8) is 0 Å². The van der Waals surface area contributed by atoms with Crippen molar-refractivity contribution in [2.75, 3.05) is 26.7 Å². The van der Waals surface area contributed by atoms with Crippen molar-refractivity contribution in [2.45, 2.75) is 31.9 Å². The van der Waals surface area contributed by atoms with Crippen LogP contribution in [-0.2, 0) is 4.74 Å². The topological polar surface area (TPSA) is 36.9 Å². The quantitative estimate of drug-likeness (QED) is 0.600.